The summed E-state index contributed by atoms with van der Waals surface area (Å²) in [6.45, 7) is 7.91. The molecule has 18 heavy (non-hydrogen) atoms. The third-order valence-electron chi connectivity index (χ3n) is 3.32. The third kappa shape index (κ3) is 3.33. The Morgan fingerprint density at radius 1 is 1.44 bits per heavy atom. The lowest BCUT2D eigenvalue weighted by atomic mass is 9.98. The molecule has 0 saturated heterocycles. The molecule has 1 unspecified atom stereocenters. The maximum atomic E-state index is 4.64. The van der Waals surface area contributed by atoms with Gasteiger partial charge in [-0.2, -0.15) is 0 Å². The van der Waals surface area contributed by atoms with Crippen molar-refractivity contribution in [2.45, 2.75) is 46.1 Å². The van der Waals surface area contributed by atoms with Crippen LogP contribution < -0.4 is 5.32 Å². The third-order valence-corrected chi connectivity index (χ3v) is 4.09. The molecule has 2 heterocycles. The zero-order valence-electron chi connectivity index (χ0n) is 11.5. The maximum Gasteiger partial charge on any atom is 0.193 e. The number of nitrogens with one attached hydrogen (secondary N) is 1. The van der Waals surface area contributed by atoms with E-state index in [1.165, 1.54) is 18.5 Å². The Hall–Kier alpha value is -0.870. The lowest BCUT2D eigenvalue weighted by Crippen LogP contribution is -2.34. The van der Waals surface area contributed by atoms with Gasteiger partial charge in [-0.3, -0.25) is 4.40 Å². The van der Waals surface area contributed by atoms with E-state index in [0.29, 0.717) is 12.0 Å². The van der Waals surface area contributed by atoms with E-state index >= 15 is 0 Å². The van der Waals surface area contributed by atoms with Crippen LogP contribution in [0.3, 0.4) is 0 Å². The molecule has 0 bridgehead atoms. The number of aromatic nitrogens is 2. The highest BCUT2D eigenvalue weighted by Crippen LogP contribution is 2.15. The molecule has 1 atom stereocenters. The number of rotatable bonds is 7. The molecule has 2 aromatic heterocycles. The summed E-state index contributed by atoms with van der Waals surface area (Å²) in [7, 11) is 0. The smallest absolute Gasteiger partial charge is 0.193 e. The largest absolute Gasteiger partial charge is 0.314 e. The van der Waals surface area contributed by atoms with Crippen LogP contribution in [0.5, 0.6) is 0 Å². The van der Waals surface area contributed by atoms with E-state index in [9.17, 15) is 0 Å². The molecule has 0 saturated carbocycles. The quantitative estimate of drug-likeness (QED) is 0.832. The summed E-state index contributed by atoms with van der Waals surface area (Å²) in [4.78, 5) is 5.74. The van der Waals surface area contributed by atoms with Gasteiger partial charge in [-0.05, 0) is 31.7 Å². The number of hydrogen-bond acceptors (Lipinski definition) is 3. The standard InChI is InChI=1S/C14H23N3S/c1-4-7-15-13(11(2)3)6-5-12-10-17-8-9-18-14(17)16-12/h8-11,13,15H,4-7H2,1-3H3. The second-order valence-corrected chi connectivity index (χ2v) is 6.04. The number of hydrogen-bond donors (Lipinski definition) is 1. The van der Waals surface area contributed by atoms with Crippen molar-refractivity contribution in [1.29, 1.82) is 0 Å². The van der Waals surface area contributed by atoms with Gasteiger partial charge < -0.3 is 5.32 Å². The first-order valence-corrected chi connectivity index (χ1v) is 7.73. The lowest BCUT2D eigenvalue weighted by Gasteiger charge is -2.21. The van der Waals surface area contributed by atoms with Gasteiger partial charge in [0.15, 0.2) is 4.96 Å². The minimum absolute atomic E-state index is 0.602. The fourth-order valence-corrected chi connectivity index (χ4v) is 2.92. The summed E-state index contributed by atoms with van der Waals surface area (Å²) in [5.41, 5.74) is 1.21. The van der Waals surface area contributed by atoms with Crippen molar-refractivity contribution in [3.05, 3.63) is 23.5 Å². The highest BCUT2D eigenvalue weighted by Gasteiger charge is 2.13. The molecule has 0 aliphatic heterocycles. The lowest BCUT2D eigenvalue weighted by molar-refractivity contribution is 0.377. The summed E-state index contributed by atoms with van der Waals surface area (Å²) in [6, 6.07) is 0.602. The Morgan fingerprint density at radius 3 is 2.94 bits per heavy atom. The molecule has 0 spiro atoms. The molecular formula is C14H23N3S. The van der Waals surface area contributed by atoms with E-state index in [1.807, 2.05) is 0 Å². The molecule has 0 aromatic carbocycles. The molecule has 3 nitrogen and oxygen atoms in total. The van der Waals surface area contributed by atoms with Crippen LogP contribution in [0.4, 0.5) is 0 Å². The molecule has 2 rings (SSSR count). The Balaban J connectivity index is 1.90. The Kier molecular flexibility index (Phi) is 4.78. The topological polar surface area (TPSA) is 29.3 Å². The van der Waals surface area contributed by atoms with E-state index in [-0.39, 0.29) is 0 Å². The fraction of sp³-hybridized carbons (Fsp3) is 0.643. The number of nitrogens with zero attached hydrogens (tertiary/aromatic N) is 2. The van der Waals surface area contributed by atoms with Gasteiger partial charge in [0, 0.05) is 23.8 Å². The number of fused-ring (bicyclic) bond motifs is 1. The van der Waals surface area contributed by atoms with Gasteiger partial charge in [-0.25, -0.2) is 4.98 Å². The van der Waals surface area contributed by atoms with Crippen LogP contribution in [-0.4, -0.2) is 22.0 Å². The van der Waals surface area contributed by atoms with Crippen molar-refractivity contribution in [3.63, 3.8) is 0 Å². The van der Waals surface area contributed by atoms with Gasteiger partial charge in [0.25, 0.3) is 0 Å². The van der Waals surface area contributed by atoms with Crippen molar-refractivity contribution < 1.29 is 0 Å². The number of thiazole rings is 1. The zero-order chi connectivity index (χ0) is 13.0. The van der Waals surface area contributed by atoms with Crippen molar-refractivity contribution in [2.75, 3.05) is 6.54 Å². The molecule has 0 fully saturated rings. The molecule has 0 amide bonds. The highest BCUT2D eigenvalue weighted by atomic mass is 32.1. The Morgan fingerprint density at radius 2 is 2.28 bits per heavy atom. The van der Waals surface area contributed by atoms with E-state index in [2.05, 4.69) is 53.2 Å². The van der Waals surface area contributed by atoms with Crippen molar-refractivity contribution in [1.82, 2.24) is 14.7 Å². The van der Waals surface area contributed by atoms with Crippen LogP contribution in [0.2, 0.25) is 0 Å². The van der Waals surface area contributed by atoms with E-state index in [4.69, 9.17) is 0 Å². The van der Waals surface area contributed by atoms with Crippen LogP contribution >= 0.6 is 11.3 Å². The fourth-order valence-electron chi connectivity index (χ4n) is 2.20. The minimum Gasteiger partial charge on any atom is -0.314 e. The van der Waals surface area contributed by atoms with Gasteiger partial charge in [0.05, 0.1) is 5.69 Å². The monoisotopic (exact) mass is 265 g/mol. The molecule has 0 aliphatic carbocycles. The molecule has 4 heteroatoms. The van der Waals surface area contributed by atoms with Gasteiger partial charge in [0.1, 0.15) is 0 Å². The second-order valence-electron chi connectivity index (χ2n) is 5.17. The number of imidazole rings is 1. The SMILES string of the molecule is CCCNC(CCc1cn2ccsc2n1)C(C)C. The molecular weight excluding hydrogens is 242 g/mol. The molecule has 0 radical (unpaired) electrons. The first-order chi connectivity index (χ1) is 8.70. The summed E-state index contributed by atoms with van der Waals surface area (Å²) < 4.78 is 2.11. The van der Waals surface area contributed by atoms with Crippen LogP contribution in [-0.2, 0) is 6.42 Å². The summed E-state index contributed by atoms with van der Waals surface area (Å²) in [5, 5.41) is 5.71. The zero-order valence-corrected chi connectivity index (χ0v) is 12.3. The van der Waals surface area contributed by atoms with Crippen LogP contribution in [0, 0.1) is 5.92 Å². The van der Waals surface area contributed by atoms with Gasteiger partial charge in [-0.15, -0.1) is 11.3 Å². The normalized spacial score (nSPS) is 13.6. The molecule has 2 aromatic rings. The number of aryl methyl sites for hydroxylation is 1. The van der Waals surface area contributed by atoms with Gasteiger partial charge in [-0.1, -0.05) is 20.8 Å². The van der Waals surface area contributed by atoms with Crippen molar-refractivity contribution in [3.8, 4) is 0 Å². The first kappa shape index (κ1) is 13.6. The predicted octanol–water partition coefficient (Wildman–Crippen LogP) is 3.35. The molecule has 100 valence electrons. The van der Waals surface area contributed by atoms with Gasteiger partial charge >= 0.3 is 0 Å². The Labute approximate surface area is 113 Å². The van der Waals surface area contributed by atoms with E-state index in [0.717, 1.165) is 17.9 Å². The highest BCUT2D eigenvalue weighted by molar-refractivity contribution is 7.15. The summed E-state index contributed by atoms with van der Waals surface area (Å²) in [5.74, 6) is 0.681. The van der Waals surface area contributed by atoms with Crippen LogP contribution in [0.1, 0.15) is 39.3 Å². The second kappa shape index (κ2) is 6.34. The molecule has 1 N–H and O–H groups in total. The van der Waals surface area contributed by atoms with Crippen molar-refractivity contribution >= 4 is 16.3 Å². The van der Waals surface area contributed by atoms with Crippen LogP contribution in [0.15, 0.2) is 17.8 Å². The van der Waals surface area contributed by atoms with E-state index in [1.54, 1.807) is 11.3 Å². The van der Waals surface area contributed by atoms with Gasteiger partial charge in [0.2, 0.25) is 0 Å². The molecule has 0 aliphatic rings. The average molecular weight is 265 g/mol. The maximum absolute atomic E-state index is 4.64. The predicted molar refractivity (Wildman–Crippen MR) is 78.3 cm³/mol. The van der Waals surface area contributed by atoms with Crippen LogP contribution in [0.25, 0.3) is 4.96 Å². The summed E-state index contributed by atoms with van der Waals surface area (Å²) >= 11 is 1.70. The minimum atomic E-state index is 0.602. The van der Waals surface area contributed by atoms with E-state index < -0.39 is 0 Å². The first-order valence-electron chi connectivity index (χ1n) is 6.85. The summed E-state index contributed by atoms with van der Waals surface area (Å²) in [6.07, 6.45) is 7.66. The Bertz CT molecular complexity index is 444. The van der Waals surface area contributed by atoms with Crippen molar-refractivity contribution in [2.24, 2.45) is 5.92 Å². The average Bonchev–Trinajstić information content (AvgIpc) is 2.88.